The van der Waals surface area contributed by atoms with Gasteiger partial charge in [0, 0.05) is 11.8 Å². The van der Waals surface area contributed by atoms with Crippen molar-refractivity contribution in [2.24, 2.45) is 5.10 Å². The largest absolute Gasteiger partial charge is 0.276 e. The van der Waals surface area contributed by atoms with Gasteiger partial charge in [-0.3, -0.25) is 0 Å². The van der Waals surface area contributed by atoms with Gasteiger partial charge >= 0.3 is 0 Å². The molecule has 0 aliphatic heterocycles. The molecule has 0 spiro atoms. The summed E-state index contributed by atoms with van der Waals surface area (Å²) >= 11 is 3.25. The molecule has 0 amide bonds. The van der Waals surface area contributed by atoms with Gasteiger partial charge in [0.15, 0.2) is 0 Å². The SMILES string of the molecule is Cc1ccc(S(=O)(=O)N/N=C/c2cccnc2Br)cc1. The average molecular weight is 354 g/mol. The molecule has 1 aromatic carbocycles. The molecule has 20 heavy (non-hydrogen) atoms. The van der Waals surface area contributed by atoms with Crippen LogP contribution in [0.3, 0.4) is 0 Å². The quantitative estimate of drug-likeness (QED) is 0.521. The van der Waals surface area contributed by atoms with Gasteiger partial charge in [0.05, 0.1) is 11.1 Å². The summed E-state index contributed by atoms with van der Waals surface area (Å²) in [5, 5.41) is 3.74. The molecule has 7 heteroatoms. The van der Waals surface area contributed by atoms with Gasteiger partial charge in [-0.25, -0.2) is 9.82 Å². The summed E-state index contributed by atoms with van der Waals surface area (Å²) in [6, 6.07) is 10.0. The number of hydrogen-bond acceptors (Lipinski definition) is 4. The van der Waals surface area contributed by atoms with E-state index in [0.29, 0.717) is 10.2 Å². The number of rotatable bonds is 4. The standard InChI is InChI=1S/C13H12BrN3O2S/c1-10-4-6-12(7-5-10)20(18,19)17-16-9-11-3-2-8-15-13(11)14/h2-9,17H,1H3/b16-9+. The number of halogens is 1. The molecule has 104 valence electrons. The average Bonchev–Trinajstić information content (AvgIpc) is 2.41. The molecular weight excluding hydrogens is 342 g/mol. The van der Waals surface area contributed by atoms with Crippen molar-refractivity contribution in [3.8, 4) is 0 Å². The van der Waals surface area contributed by atoms with Crippen LogP contribution < -0.4 is 4.83 Å². The lowest BCUT2D eigenvalue weighted by Crippen LogP contribution is -2.18. The van der Waals surface area contributed by atoms with Gasteiger partial charge in [0.25, 0.3) is 10.0 Å². The van der Waals surface area contributed by atoms with Gasteiger partial charge < -0.3 is 0 Å². The molecule has 0 atom stereocenters. The molecule has 0 aliphatic rings. The Labute approximate surface area is 125 Å². The second-order valence-electron chi connectivity index (χ2n) is 4.05. The second-order valence-corrected chi connectivity index (χ2v) is 6.46. The lowest BCUT2D eigenvalue weighted by Gasteiger charge is -2.03. The Bertz CT molecular complexity index is 728. The minimum Gasteiger partial charge on any atom is -0.249 e. The Morgan fingerprint density at radius 1 is 1.25 bits per heavy atom. The summed E-state index contributed by atoms with van der Waals surface area (Å²) in [6.45, 7) is 1.89. The van der Waals surface area contributed by atoms with Crippen molar-refractivity contribution in [2.45, 2.75) is 11.8 Å². The van der Waals surface area contributed by atoms with Crippen LogP contribution in [-0.2, 0) is 10.0 Å². The molecule has 2 aromatic rings. The summed E-state index contributed by atoms with van der Waals surface area (Å²) in [6.07, 6.45) is 3.01. The van der Waals surface area contributed by atoms with Crippen molar-refractivity contribution in [2.75, 3.05) is 0 Å². The predicted octanol–water partition coefficient (Wildman–Crippen LogP) is 2.46. The second kappa shape index (κ2) is 6.15. The zero-order valence-corrected chi connectivity index (χ0v) is 13.0. The van der Waals surface area contributed by atoms with Crippen LogP contribution in [0, 0.1) is 6.92 Å². The van der Waals surface area contributed by atoms with E-state index in [2.05, 4.69) is 30.8 Å². The number of nitrogens with zero attached hydrogens (tertiary/aromatic N) is 2. The van der Waals surface area contributed by atoms with Gasteiger partial charge in [0.1, 0.15) is 4.60 Å². The molecule has 1 aromatic heterocycles. The van der Waals surface area contributed by atoms with Crippen molar-refractivity contribution in [3.05, 3.63) is 58.3 Å². The van der Waals surface area contributed by atoms with Gasteiger partial charge in [0.2, 0.25) is 0 Å². The Hall–Kier alpha value is -1.73. The molecule has 0 aliphatic carbocycles. The lowest BCUT2D eigenvalue weighted by molar-refractivity contribution is 0.584. The molecule has 0 bridgehead atoms. The van der Waals surface area contributed by atoms with E-state index in [9.17, 15) is 8.42 Å². The van der Waals surface area contributed by atoms with E-state index in [-0.39, 0.29) is 4.90 Å². The summed E-state index contributed by atoms with van der Waals surface area (Å²) < 4.78 is 24.5. The third kappa shape index (κ3) is 3.64. The molecule has 1 heterocycles. The monoisotopic (exact) mass is 353 g/mol. The van der Waals surface area contributed by atoms with Crippen LogP contribution >= 0.6 is 15.9 Å². The Morgan fingerprint density at radius 2 is 1.95 bits per heavy atom. The molecule has 0 saturated heterocycles. The number of hydrazone groups is 1. The van der Waals surface area contributed by atoms with Crippen molar-refractivity contribution < 1.29 is 8.42 Å². The van der Waals surface area contributed by atoms with E-state index in [1.54, 1.807) is 30.5 Å². The van der Waals surface area contributed by atoms with E-state index in [4.69, 9.17) is 0 Å². The van der Waals surface area contributed by atoms with E-state index in [1.807, 2.05) is 6.92 Å². The highest BCUT2D eigenvalue weighted by molar-refractivity contribution is 9.10. The van der Waals surface area contributed by atoms with E-state index in [0.717, 1.165) is 5.56 Å². The fourth-order valence-corrected chi connectivity index (χ4v) is 2.57. The van der Waals surface area contributed by atoms with Gasteiger partial charge in [-0.05, 0) is 47.1 Å². The Balaban J connectivity index is 2.14. The number of benzene rings is 1. The molecule has 0 fully saturated rings. The zero-order valence-electron chi connectivity index (χ0n) is 10.6. The van der Waals surface area contributed by atoms with Crippen molar-refractivity contribution in [1.29, 1.82) is 0 Å². The molecule has 0 saturated carbocycles. The fraction of sp³-hybridized carbons (Fsp3) is 0.0769. The first kappa shape index (κ1) is 14.7. The van der Waals surface area contributed by atoms with Gasteiger partial charge in [-0.2, -0.15) is 13.5 Å². The first-order chi connectivity index (χ1) is 9.49. The first-order valence-electron chi connectivity index (χ1n) is 5.71. The van der Waals surface area contributed by atoms with Crippen LogP contribution in [0.15, 0.2) is 57.2 Å². The molecule has 0 radical (unpaired) electrons. The van der Waals surface area contributed by atoms with Crippen LogP contribution in [0.1, 0.15) is 11.1 Å². The van der Waals surface area contributed by atoms with E-state index in [1.165, 1.54) is 18.3 Å². The third-order valence-electron chi connectivity index (χ3n) is 2.50. The maximum absolute atomic E-state index is 12.0. The van der Waals surface area contributed by atoms with Gasteiger partial charge in [-0.1, -0.05) is 17.7 Å². The first-order valence-corrected chi connectivity index (χ1v) is 7.99. The Morgan fingerprint density at radius 3 is 2.60 bits per heavy atom. The van der Waals surface area contributed by atoms with Crippen molar-refractivity contribution >= 4 is 32.2 Å². The highest BCUT2D eigenvalue weighted by Gasteiger charge is 2.11. The molecule has 2 rings (SSSR count). The lowest BCUT2D eigenvalue weighted by atomic mass is 10.2. The minimum atomic E-state index is -3.64. The van der Waals surface area contributed by atoms with Crippen LogP contribution in [0.25, 0.3) is 0 Å². The maximum Gasteiger partial charge on any atom is 0.276 e. The van der Waals surface area contributed by atoms with Crippen LogP contribution in [0.5, 0.6) is 0 Å². The summed E-state index contributed by atoms with van der Waals surface area (Å²) in [5.74, 6) is 0. The smallest absolute Gasteiger partial charge is 0.249 e. The number of nitrogens with one attached hydrogen (secondary N) is 1. The number of aryl methyl sites for hydroxylation is 1. The topological polar surface area (TPSA) is 71.4 Å². The van der Waals surface area contributed by atoms with Crippen molar-refractivity contribution in [3.63, 3.8) is 0 Å². The van der Waals surface area contributed by atoms with Crippen molar-refractivity contribution in [1.82, 2.24) is 9.82 Å². The highest BCUT2D eigenvalue weighted by atomic mass is 79.9. The summed E-state index contributed by atoms with van der Waals surface area (Å²) in [7, 11) is -3.64. The number of sulfonamides is 1. The van der Waals surface area contributed by atoms with E-state index >= 15 is 0 Å². The summed E-state index contributed by atoms with van der Waals surface area (Å²) in [4.78, 5) is 6.35. The molecule has 1 N–H and O–H groups in total. The highest BCUT2D eigenvalue weighted by Crippen LogP contribution is 2.11. The maximum atomic E-state index is 12.0. The Kier molecular flexibility index (Phi) is 4.51. The minimum absolute atomic E-state index is 0.172. The number of aromatic nitrogens is 1. The molecule has 0 unspecified atom stereocenters. The van der Waals surface area contributed by atoms with Crippen LogP contribution in [0.4, 0.5) is 0 Å². The third-order valence-corrected chi connectivity index (χ3v) is 4.40. The predicted molar refractivity (Wildman–Crippen MR) is 81.0 cm³/mol. The van der Waals surface area contributed by atoms with Crippen LogP contribution in [0.2, 0.25) is 0 Å². The fourth-order valence-electron chi connectivity index (χ4n) is 1.43. The zero-order chi connectivity index (χ0) is 14.6. The van der Waals surface area contributed by atoms with Gasteiger partial charge in [-0.15, -0.1) is 0 Å². The van der Waals surface area contributed by atoms with Crippen LogP contribution in [-0.4, -0.2) is 19.6 Å². The number of pyridine rings is 1. The number of hydrogen-bond donors (Lipinski definition) is 1. The molecular formula is C13H12BrN3O2S. The van der Waals surface area contributed by atoms with E-state index < -0.39 is 10.0 Å². The summed E-state index contributed by atoms with van der Waals surface area (Å²) in [5.41, 5.74) is 1.67. The normalized spacial score (nSPS) is 11.7. The molecule has 5 nitrogen and oxygen atoms in total.